The van der Waals surface area contributed by atoms with Crippen LogP contribution in [0.4, 0.5) is 4.79 Å². The summed E-state index contributed by atoms with van der Waals surface area (Å²) in [5.74, 6) is -0.598. The van der Waals surface area contributed by atoms with Crippen LogP contribution >= 0.6 is 11.6 Å². The number of esters is 1. The number of nitrogens with one attached hydrogen (secondary N) is 1. The second-order valence-electron chi connectivity index (χ2n) is 5.92. The van der Waals surface area contributed by atoms with Crippen molar-refractivity contribution < 1.29 is 28.6 Å². The van der Waals surface area contributed by atoms with Crippen molar-refractivity contribution in [2.24, 2.45) is 11.7 Å². The van der Waals surface area contributed by atoms with Gasteiger partial charge >= 0.3 is 12.0 Å². The molecule has 144 valence electrons. The van der Waals surface area contributed by atoms with Crippen LogP contribution in [-0.4, -0.2) is 37.7 Å². The van der Waals surface area contributed by atoms with E-state index in [1.54, 1.807) is 0 Å². The van der Waals surface area contributed by atoms with Gasteiger partial charge in [0.2, 0.25) is 0 Å². The van der Waals surface area contributed by atoms with Crippen molar-refractivity contribution in [2.75, 3.05) is 13.7 Å². The molecular weight excluding hydrogens is 364 g/mol. The zero-order valence-electron chi connectivity index (χ0n) is 15.1. The van der Waals surface area contributed by atoms with E-state index in [0.717, 1.165) is 6.42 Å². The van der Waals surface area contributed by atoms with Crippen molar-refractivity contribution in [1.82, 2.24) is 5.32 Å². The fourth-order valence-corrected chi connectivity index (χ4v) is 2.14. The van der Waals surface area contributed by atoms with E-state index >= 15 is 0 Å². The first-order valence-electron chi connectivity index (χ1n) is 7.97. The highest BCUT2D eigenvalue weighted by molar-refractivity contribution is 6.32. The van der Waals surface area contributed by atoms with Crippen molar-refractivity contribution >= 4 is 29.5 Å². The summed E-state index contributed by atoms with van der Waals surface area (Å²) < 4.78 is 15.9. The van der Waals surface area contributed by atoms with Gasteiger partial charge in [0.05, 0.1) is 24.3 Å². The number of methoxy groups -OCH3 is 1. The van der Waals surface area contributed by atoms with E-state index in [4.69, 9.17) is 31.5 Å². The normalized spacial score (nSPS) is 11.6. The van der Waals surface area contributed by atoms with E-state index in [0.29, 0.717) is 18.3 Å². The Morgan fingerprint density at radius 2 is 1.88 bits per heavy atom. The Labute approximate surface area is 156 Å². The molecule has 0 aliphatic heterocycles. The Balaban J connectivity index is 2.89. The van der Waals surface area contributed by atoms with Crippen LogP contribution in [0.3, 0.4) is 0 Å². The topological polar surface area (TPSA) is 117 Å². The van der Waals surface area contributed by atoms with Crippen LogP contribution in [0.2, 0.25) is 5.02 Å². The van der Waals surface area contributed by atoms with Gasteiger partial charge in [-0.1, -0.05) is 25.4 Å². The fourth-order valence-electron chi connectivity index (χ4n) is 1.88. The maximum absolute atomic E-state index is 12.2. The molecule has 0 radical (unpaired) electrons. The zero-order valence-corrected chi connectivity index (χ0v) is 15.9. The molecule has 0 heterocycles. The summed E-state index contributed by atoms with van der Waals surface area (Å²) in [4.78, 5) is 34.5. The highest BCUT2D eigenvalue weighted by atomic mass is 35.5. The van der Waals surface area contributed by atoms with E-state index in [9.17, 15) is 14.4 Å². The molecule has 0 bridgehead atoms. The average molecular weight is 387 g/mol. The van der Waals surface area contributed by atoms with Crippen molar-refractivity contribution in [3.63, 3.8) is 0 Å². The lowest BCUT2D eigenvalue weighted by Crippen LogP contribution is -2.42. The number of primary amides is 1. The molecule has 0 aliphatic rings. The van der Waals surface area contributed by atoms with Gasteiger partial charge in [0.1, 0.15) is 0 Å². The smallest absolute Gasteiger partial charge is 0.339 e. The Kier molecular flexibility index (Phi) is 8.18. The molecular formula is C17H23ClN2O6. The van der Waals surface area contributed by atoms with Crippen molar-refractivity contribution in [2.45, 2.75) is 33.3 Å². The van der Waals surface area contributed by atoms with E-state index in [-0.39, 0.29) is 16.3 Å². The van der Waals surface area contributed by atoms with Gasteiger partial charge < -0.3 is 19.9 Å². The van der Waals surface area contributed by atoms with Crippen LogP contribution in [0.25, 0.3) is 0 Å². The number of carbonyl (C=O) groups excluding carboxylic acids is 3. The second-order valence-corrected chi connectivity index (χ2v) is 6.33. The molecule has 1 rings (SSSR count). The summed E-state index contributed by atoms with van der Waals surface area (Å²) in [6.07, 6.45) is -0.391. The SMILES string of the molecule is COc1cc(C(=O)O[C@H](C)C(=O)NC(N)=O)cc(Cl)c1OCCC(C)C. The molecule has 0 aliphatic carbocycles. The highest BCUT2D eigenvalue weighted by Crippen LogP contribution is 2.37. The molecule has 9 heteroatoms. The summed E-state index contributed by atoms with van der Waals surface area (Å²) in [7, 11) is 1.42. The molecule has 0 saturated heterocycles. The third-order valence-corrected chi connectivity index (χ3v) is 3.59. The van der Waals surface area contributed by atoms with Gasteiger partial charge in [-0.3, -0.25) is 10.1 Å². The lowest BCUT2D eigenvalue weighted by Gasteiger charge is -2.16. The number of hydrogen-bond donors (Lipinski definition) is 2. The number of nitrogens with two attached hydrogens (primary N) is 1. The fraction of sp³-hybridized carbons (Fsp3) is 0.471. The summed E-state index contributed by atoms with van der Waals surface area (Å²) in [5, 5.41) is 2.00. The number of halogens is 1. The van der Waals surface area contributed by atoms with Crippen molar-refractivity contribution in [3.8, 4) is 11.5 Å². The van der Waals surface area contributed by atoms with Gasteiger partial charge in [-0.2, -0.15) is 0 Å². The summed E-state index contributed by atoms with van der Waals surface area (Å²) >= 11 is 6.19. The first kappa shape index (κ1) is 21.6. The molecule has 3 N–H and O–H groups in total. The average Bonchev–Trinajstić information content (AvgIpc) is 2.54. The number of rotatable bonds is 8. The van der Waals surface area contributed by atoms with Crippen LogP contribution in [0.15, 0.2) is 12.1 Å². The minimum absolute atomic E-state index is 0.0711. The highest BCUT2D eigenvalue weighted by Gasteiger charge is 2.22. The number of urea groups is 1. The monoisotopic (exact) mass is 386 g/mol. The lowest BCUT2D eigenvalue weighted by atomic mass is 10.1. The van der Waals surface area contributed by atoms with E-state index in [1.165, 1.54) is 26.2 Å². The quantitative estimate of drug-likeness (QED) is 0.663. The molecule has 0 unspecified atom stereocenters. The second kappa shape index (κ2) is 9.86. The molecule has 26 heavy (non-hydrogen) atoms. The van der Waals surface area contributed by atoms with Gasteiger partial charge in [-0.25, -0.2) is 9.59 Å². The van der Waals surface area contributed by atoms with Gasteiger partial charge in [0.15, 0.2) is 17.6 Å². The number of ether oxygens (including phenoxy) is 3. The van der Waals surface area contributed by atoms with Crippen LogP contribution in [0, 0.1) is 5.92 Å². The number of hydrogen-bond acceptors (Lipinski definition) is 6. The lowest BCUT2D eigenvalue weighted by molar-refractivity contribution is -0.127. The number of benzene rings is 1. The minimum Gasteiger partial charge on any atom is -0.493 e. The van der Waals surface area contributed by atoms with Crippen LogP contribution in [-0.2, 0) is 9.53 Å². The molecule has 3 amide bonds. The largest absolute Gasteiger partial charge is 0.493 e. The maximum atomic E-state index is 12.2. The van der Waals surface area contributed by atoms with Gasteiger partial charge in [-0.15, -0.1) is 0 Å². The van der Waals surface area contributed by atoms with E-state index in [2.05, 4.69) is 13.8 Å². The minimum atomic E-state index is -1.22. The standard InChI is InChI=1S/C17H23ClN2O6/c1-9(2)5-6-25-14-12(18)7-11(8-13(14)24-4)16(22)26-10(3)15(21)20-17(19)23/h7-10H,5-6H2,1-4H3,(H3,19,20,21,23)/t10-/m1/s1. The molecule has 1 aromatic carbocycles. The van der Waals surface area contributed by atoms with E-state index < -0.39 is 24.0 Å². The van der Waals surface area contributed by atoms with Gasteiger partial charge in [0, 0.05) is 0 Å². The Bertz CT molecular complexity index is 677. The maximum Gasteiger partial charge on any atom is 0.339 e. The van der Waals surface area contributed by atoms with Gasteiger partial charge in [-0.05, 0) is 31.4 Å². The third kappa shape index (κ3) is 6.44. The molecule has 1 aromatic rings. The molecule has 0 aromatic heterocycles. The summed E-state index contributed by atoms with van der Waals surface area (Å²) in [6, 6.07) is 1.72. The number of amides is 3. The van der Waals surface area contributed by atoms with Crippen LogP contribution < -0.4 is 20.5 Å². The zero-order chi connectivity index (χ0) is 19.9. The molecule has 8 nitrogen and oxygen atoms in total. The Morgan fingerprint density at radius 3 is 2.42 bits per heavy atom. The summed E-state index contributed by atoms with van der Waals surface area (Å²) in [6.45, 7) is 5.88. The molecule has 0 saturated carbocycles. The molecule has 0 fully saturated rings. The number of imide groups is 1. The first-order valence-corrected chi connectivity index (χ1v) is 8.35. The van der Waals surface area contributed by atoms with Crippen LogP contribution in [0.1, 0.15) is 37.6 Å². The molecule has 0 spiro atoms. The third-order valence-electron chi connectivity index (χ3n) is 3.31. The van der Waals surface area contributed by atoms with Crippen LogP contribution in [0.5, 0.6) is 11.5 Å². The van der Waals surface area contributed by atoms with E-state index in [1.807, 2.05) is 5.32 Å². The van der Waals surface area contributed by atoms with Gasteiger partial charge in [0.25, 0.3) is 5.91 Å². The Hall–Kier alpha value is -2.48. The number of carbonyl (C=O) groups is 3. The summed E-state index contributed by atoms with van der Waals surface area (Å²) in [5.41, 5.74) is 4.92. The first-order chi connectivity index (χ1) is 12.1. The molecule has 1 atom stereocenters. The van der Waals surface area contributed by atoms with Crippen molar-refractivity contribution in [1.29, 1.82) is 0 Å². The Morgan fingerprint density at radius 1 is 1.23 bits per heavy atom. The van der Waals surface area contributed by atoms with Crippen molar-refractivity contribution in [3.05, 3.63) is 22.7 Å². The predicted molar refractivity (Wildman–Crippen MR) is 95.6 cm³/mol. The predicted octanol–water partition coefficient (Wildman–Crippen LogP) is 2.51.